The summed E-state index contributed by atoms with van der Waals surface area (Å²) >= 11 is 0. The van der Waals surface area contributed by atoms with Crippen LogP contribution in [-0.2, 0) is 28.6 Å². The van der Waals surface area contributed by atoms with Crippen LogP contribution in [-0.4, -0.2) is 37.2 Å². The third kappa shape index (κ3) is 44.3. The van der Waals surface area contributed by atoms with Crippen LogP contribution in [0.2, 0.25) is 0 Å². The Morgan fingerprint density at radius 2 is 0.702 bits per heavy atom. The number of unbranched alkanes of at least 4 members (excludes halogenated alkanes) is 24. The Balaban J connectivity index is 4.37. The van der Waals surface area contributed by atoms with Crippen molar-refractivity contribution in [3.8, 4) is 0 Å². The van der Waals surface area contributed by atoms with E-state index in [1.807, 2.05) is 0 Å². The van der Waals surface area contributed by atoms with Crippen LogP contribution < -0.4 is 0 Å². The highest BCUT2D eigenvalue weighted by molar-refractivity contribution is 5.71. The molecular weight excluding hydrogens is 709 g/mol. The average Bonchev–Trinajstić information content (AvgIpc) is 3.21. The van der Waals surface area contributed by atoms with E-state index in [9.17, 15) is 14.4 Å². The standard InChI is InChI=1S/C51H90O6/c1-4-7-10-13-16-19-22-24-26-28-29-32-35-38-41-44-50(53)56-47-48(46-55-49(52)43-40-37-34-31-21-18-15-12-9-6-3)57-51(54)45-42-39-36-33-30-27-25-23-20-17-14-11-8-5-2/h8,11,15,17-20,22,48H,4-7,9-10,12-14,16,21,23-47H2,1-3H3/b11-8-,18-15-,20-17-,22-19-. The molecule has 6 heteroatoms. The molecule has 0 radical (unpaired) electrons. The van der Waals surface area contributed by atoms with Crippen LogP contribution in [0.15, 0.2) is 48.6 Å². The van der Waals surface area contributed by atoms with Crippen molar-refractivity contribution in [1.82, 2.24) is 0 Å². The van der Waals surface area contributed by atoms with Gasteiger partial charge in [-0.1, -0.05) is 179 Å². The molecule has 0 aromatic rings. The molecule has 0 fully saturated rings. The molecule has 0 amide bonds. The molecule has 0 heterocycles. The maximum absolute atomic E-state index is 12.7. The number of rotatable bonds is 43. The zero-order valence-electron chi connectivity index (χ0n) is 37.6. The molecule has 0 aliphatic rings. The van der Waals surface area contributed by atoms with E-state index in [2.05, 4.69) is 69.4 Å². The van der Waals surface area contributed by atoms with Gasteiger partial charge in [0.1, 0.15) is 13.2 Å². The Hall–Kier alpha value is -2.63. The van der Waals surface area contributed by atoms with Gasteiger partial charge in [-0.3, -0.25) is 14.4 Å². The van der Waals surface area contributed by atoms with E-state index in [4.69, 9.17) is 14.2 Å². The molecule has 0 aliphatic carbocycles. The van der Waals surface area contributed by atoms with Gasteiger partial charge in [0.15, 0.2) is 6.10 Å². The largest absolute Gasteiger partial charge is 0.462 e. The summed E-state index contributed by atoms with van der Waals surface area (Å²) in [5.41, 5.74) is 0. The van der Waals surface area contributed by atoms with Crippen molar-refractivity contribution in [3.63, 3.8) is 0 Å². The average molecular weight is 799 g/mol. The van der Waals surface area contributed by atoms with Crippen molar-refractivity contribution < 1.29 is 28.6 Å². The van der Waals surface area contributed by atoms with E-state index in [1.165, 1.54) is 103 Å². The van der Waals surface area contributed by atoms with E-state index >= 15 is 0 Å². The predicted octanol–water partition coefficient (Wildman–Crippen LogP) is 15.5. The first-order chi connectivity index (χ1) is 28.0. The molecule has 1 unspecified atom stereocenters. The van der Waals surface area contributed by atoms with Crippen LogP contribution in [0.1, 0.15) is 239 Å². The molecule has 57 heavy (non-hydrogen) atoms. The lowest BCUT2D eigenvalue weighted by molar-refractivity contribution is -0.167. The van der Waals surface area contributed by atoms with Crippen molar-refractivity contribution >= 4 is 17.9 Å². The summed E-state index contributed by atoms with van der Waals surface area (Å²) in [6.45, 7) is 6.45. The van der Waals surface area contributed by atoms with Crippen LogP contribution in [0.25, 0.3) is 0 Å². The molecule has 0 spiro atoms. The molecule has 0 aromatic heterocycles. The van der Waals surface area contributed by atoms with Gasteiger partial charge >= 0.3 is 17.9 Å². The summed E-state index contributed by atoms with van der Waals surface area (Å²) in [6.07, 6.45) is 53.8. The SMILES string of the molecule is CC/C=C\C/C=C\CCCCCCCCCC(=O)OC(COC(=O)CCCCCC/C=C\CCCC)COC(=O)CCCCCCCCC/C=C\CCCCCC. The lowest BCUT2D eigenvalue weighted by Crippen LogP contribution is -2.30. The Labute approximate surface area is 352 Å². The summed E-state index contributed by atoms with van der Waals surface area (Å²) in [5, 5.41) is 0. The van der Waals surface area contributed by atoms with Gasteiger partial charge in [-0.15, -0.1) is 0 Å². The van der Waals surface area contributed by atoms with E-state index < -0.39 is 6.10 Å². The number of carbonyl (C=O) groups excluding carboxylic acids is 3. The van der Waals surface area contributed by atoms with Crippen LogP contribution in [0, 0.1) is 0 Å². The summed E-state index contributed by atoms with van der Waals surface area (Å²) < 4.78 is 16.7. The normalized spacial score (nSPS) is 12.4. The minimum atomic E-state index is -0.780. The lowest BCUT2D eigenvalue weighted by Gasteiger charge is -2.18. The van der Waals surface area contributed by atoms with Gasteiger partial charge < -0.3 is 14.2 Å². The van der Waals surface area contributed by atoms with Crippen molar-refractivity contribution in [1.29, 1.82) is 0 Å². The number of allylic oxidation sites excluding steroid dienone is 8. The highest BCUT2D eigenvalue weighted by atomic mass is 16.6. The van der Waals surface area contributed by atoms with Crippen molar-refractivity contribution in [3.05, 3.63) is 48.6 Å². The number of hydrogen-bond donors (Lipinski definition) is 0. The topological polar surface area (TPSA) is 78.9 Å². The first kappa shape index (κ1) is 54.4. The molecule has 0 saturated carbocycles. The van der Waals surface area contributed by atoms with Crippen molar-refractivity contribution in [2.45, 2.75) is 245 Å². The molecule has 0 rings (SSSR count). The van der Waals surface area contributed by atoms with Gasteiger partial charge in [-0.2, -0.15) is 0 Å². The first-order valence-corrected chi connectivity index (χ1v) is 24.1. The molecule has 330 valence electrons. The minimum Gasteiger partial charge on any atom is -0.462 e. The fraction of sp³-hybridized carbons (Fsp3) is 0.784. The molecule has 0 aromatic carbocycles. The summed E-state index contributed by atoms with van der Waals surface area (Å²) in [6, 6.07) is 0. The maximum atomic E-state index is 12.7. The van der Waals surface area contributed by atoms with Crippen LogP contribution in [0.4, 0.5) is 0 Å². The Morgan fingerprint density at radius 1 is 0.368 bits per heavy atom. The van der Waals surface area contributed by atoms with E-state index in [0.29, 0.717) is 19.3 Å². The van der Waals surface area contributed by atoms with Gasteiger partial charge in [0.25, 0.3) is 0 Å². The predicted molar refractivity (Wildman–Crippen MR) is 242 cm³/mol. The van der Waals surface area contributed by atoms with Gasteiger partial charge in [-0.05, 0) is 89.9 Å². The number of esters is 3. The second-order valence-corrected chi connectivity index (χ2v) is 16.0. The van der Waals surface area contributed by atoms with E-state index in [1.54, 1.807) is 0 Å². The first-order valence-electron chi connectivity index (χ1n) is 24.1. The number of carbonyl (C=O) groups is 3. The highest BCUT2D eigenvalue weighted by Crippen LogP contribution is 2.14. The number of hydrogen-bond acceptors (Lipinski definition) is 6. The van der Waals surface area contributed by atoms with Crippen LogP contribution in [0.5, 0.6) is 0 Å². The van der Waals surface area contributed by atoms with Gasteiger partial charge in [0.2, 0.25) is 0 Å². The summed E-state index contributed by atoms with van der Waals surface area (Å²) in [4.78, 5) is 37.8. The van der Waals surface area contributed by atoms with Gasteiger partial charge in [0, 0.05) is 19.3 Å². The molecule has 6 nitrogen and oxygen atoms in total. The number of ether oxygens (including phenoxy) is 3. The third-order valence-corrected chi connectivity index (χ3v) is 10.3. The maximum Gasteiger partial charge on any atom is 0.306 e. The quantitative estimate of drug-likeness (QED) is 0.0265. The Bertz CT molecular complexity index is 1010. The van der Waals surface area contributed by atoms with Crippen molar-refractivity contribution in [2.24, 2.45) is 0 Å². The summed E-state index contributed by atoms with van der Waals surface area (Å²) in [5.74, 6) is -0.907. The molecule has 0 N–H and O–H groups in total. The third-order valence-electron chi connectivity index (χ3n) is 10.3. The second kappa shape index (κ2) is 46.1. The van der Waals surface area contributed by atoms with E-state index in [-0.39, 0.29) is 31.1 Å². The fourth-order valence-corrected chi connectivity index (χ4v) is 6.63. The second-order valence-electron chi connectivity index (χ2n) is 16.0. The minimum absolute atomic E-state index is 0.0819. The zero-order valence-corrected chi connectivity index (χ0v) is 37.6. The molecule has 0 saturated heterocycles. The van der Waals surface area contributed by atoms with Gasteiger partial charge in [-0.25, -0.2) is 0 Å². The van der Waals surface area contributed by atoms with Crippen molar-refractivity contribution in [2.75, 3.05) is 13.2 Å². The molecular formula is C51H90O6. The Morgan fingerprint density at radius 3 is 1.12 bits per heavy atom. The van der Waals surface area contributed by atoms with Crippen LogP contribution >= 0.6 is 0 Å². The zero-order chi connectivity index (χ0) is 41.5. The molecule has 0 aliphatic heterocycles. The monoisotopic (exact) mass is 799 g/mol. The fourth-order valence-electron chi connectivity index (χ4n) is 6.63. The van der Waals surface area contributed by atoms with Gasteiger partial charge in [0.05, 0.1) is 0 Å². The highest BCUT2D eigenvalue weighted by Gasteiger charge is 2.19. The molecule has 1 atom stereocenters. The lowest BCUT2D eigenvalue weighted by atomic mass is 10.1. The van der Waals surface area contributed by atoms with Crippen LogP contribution in [0.3, 0.4) is 0 Å². The Kier molecular flexibility index (Phi) is 43.9. The summed E-state index contributed by atoms with van der Waals surface area (Å²) in [7, 11) is 0. The smallest absolute Gasteiger partial charge is 0.306 e. The van der Waals surface area contributed by atoms with E-state index in [0.717, 1.165) is 96.3 Å². The molecule has 0 bridgehead atoms.